The van der Waals surface area contributed by atoms with Crippen molar-refractivity contribution >= 4 is 0 Å². The molecule has 0 aromatic carbocycles. The van der Waals surface area contributed by atoms with Crippen molar-refractivity contribution in [2.75, 3.05) is 26.2 Å². The molecule has 2 aliphatic rings. The molecule has 1 aromatic rings. The van der Waals surface area contributed by atoms with Crippen LogP contribution in [0.15, 0.2) is 4.52 Å². The maximum absolute atomic E-state index is 5.48. The number of unbranched alkanes of at least 4 members (excludes halogenated alkanes) is 1. The van der Waals surface area contributed by atoms with Gasteiger partial charge in [-0.3, -0.25) is 9.80 Å². The molecule has 3 heterocycles. The van der Waals surface area contributed by atoms with Gasteiger partial charge in [0.25, 0.3) is 0 Å². The quantitative estimate of drug-likeness (QED) is 0.806. The van der Waals surface area contributed by atoms with E-state index in [2.05, 4.69) is 33.8 Å². The first-order valence-corrected chi connectivity index (χ1v) is 8.58. The second-order valence-electron chi connectivity index (χ2n) is 6.51. The van der Waals surface area contributed by atoms with E-state index in [1.54, 1.807) is 0 Å². The lowest BCUT2D eigenvalue weighted by Gasteiger charge is -2.25. The number of nitrogens with zero attached hydrogens (tertiary/aromatic N) is 4. The summed E-state index contributed by atoms with van der Waals surface area (Å²) < 4.78 is 5.48. The monoisotopic (exact) mass is 292 g/mol. The minimum absolute atomic E-state index is 0.250. The number of likely N-dealkylation sites (tertiary alicyclic amines) is 2. The second-order valence-corrected chi connectivity index (χ2v) is 6.51. The predicted molar refractivity (Wildman–Crippen MR) is 82.1 cm³/mol. The van der Waals surface area contributed by atoms with Crippen LogP contribution in [0.2, 0.25) is 0 Å². The highest BCUT2D eigenvalue weighted by atomic mass is 16.5. The van der Waals surface area contributed by atoms with Crippen molar-refractivity contribution in [3.63, 3.8) is 0 Å². The van der Waals surface area contributed by atoms with Gasteiger partial charge in [0.2, 0.25) is 5.89 Å². The van der Waals surface area contributed by atoms with E-state index in [0.717, 1.165) is 43.7 Å². The molecule has 118 valence electrons. The molecule has 0 aliphatic carbocycles. The SMILES string of the molecule is CCCCc1noc([C@H](C)N2CC[C@@H](N3CCCC3)C2)n1. The summed E-state index contributed by atoms with van der Waals surface area (Å²) in [5, 5.41) is 4.12. The molecular formula is C16H28N4O. The van der Waals surface area contributed by atoms with E-state index < -0.39 is 0 Å². The van der Waals surface area contributed by atoms with Gasteiger partial charge in [-0.25, -0.2) is 0 Å². The highest BCUT2D eigenvalue weighted by molar-refractivity contribution is 4.96. The van der Waals surface area contributed by atoms with Crippen LogP contribution in [0, 0.1) is 0 Å². The number of rotatable bonds is 6. The number of hydrogen-bond donors (Lipinski definition) is 0. The molecule has 21 heavy (non-hydrogen) atoms. The van der Waals surface area contributed by atoms with E-state index in [-0.39, 0.29) is 6.04 Å². The Hall–Kier alpha value is -0.940. The van der Waals surface area contributed by atoms with Gasteiger partial charge in [-0.2, -0.15) is 4.98 Å². The number of aryl methyl sites for hydroxylation is 1. The minimum Gasteiger partial charge on any atom is -0.338 e. The van der Waals surface area contributed by atoms with Crippen LogP contribution in [0.25, 0.3) is 0 Å². The Labute approximate surface area is 127 Å². The number of hydrogen-bond acceptors (Lipinski definition) is 5. The summed E-state index contributed by atoms with van der Waals surface area (Å²) in [6.07, 6.45) is 7.26. The van der Waals surface area contributed by atoms with Crippen LogP contribution in [-0.2, 0) is 6.42 Å². The zero-order valence-corrected chi connectivity index (χ0v) is 13.4. The first-order chi connectivity index (χ1) is 10.3. The normalized spacial score (nSPS) is 25.7. The van der Waals surface area contributed by atoms with E-state index in [0.29, 0.717) is 0 Å². The van der Waals surface area contributed by atoms with Gasteiger partial charge in [-0.05, 0) is 45.7 Å². The molecule has 0 unspecified atom stereocenters. The van der Waals surface area contributed by atoms with Crippen molar-refractivity contribution in [2.45, 2.75) is 64.5 Å². The van der Waals surface area contributed by atoms with Crippen LogP contribution in [0.5, 0.6) is 0 Å². The molecule has 0 bridgehead atoms. The summed E-state index contributed by atoms with van der Waals surface area (Å²) in [7, 11) is 0. The Kier molecular flexibility index (Phi) is 4.91. The van der Waals surface area contributed by atoms with Crippen LogP contribution < -0.4 is 0 Å². The fraction of sp³-hybridized carbons (Fsp3) is 0.875. The smallest absolute Gasteiger partial charge is 0.243 e. The van der Waals surface area contributed by atoms with Crippen molar-refractivity contribution in [1.29, 1.82) is 0 Å². The molecule has 2 aliphatic heterocycles. The molecule has 0 radical (unpaired) electrons. The van der Waals surface area contributed by atoms with Gasteiger partial charge < -0.3 is 4.52 Å². The molecule has 5 nitrogen and oxygen atoms in total. The summed E-state index contributed by atoms with van der Waals surface area (Å²) in [6.45, 7) is 9.25. The van der Waals surface area contributed by atoms with Gasteiger partial charge in [-0.15, -0.1) is 0 Å². The van der Waals surface area contributed by atoms with Crippen molar-refractivity contribution in [2.24, 2.45) is 0 Å². The first kappa shape index (κ1) is 15.0. The molecule has 5 heteroatoms. The lowest BCUT2D eigenvalue weighted by Crippen LogP contribution is -2.36. The van der Waals surface area contributed by atoms with Crippen molar-refractivity contribution in [3.8, 4) is 0 Å². The highest BCUT2D eigenvalue weighted by Gasteiger charge is 2.33. The first-order valence-electron chi connectivity index (χ1n) is 8.58. The van der Waals surface area contributed by atoms with Gasteiger partial charge in [0.1, 0.15) is 0 Å². The third-order valence-corrected chi connectivity index (χ3v) is 4.99. The standard InChI is InChI=1S/C16H28N4O/c1-3-4-7-15-17-16(21-18-15)13(2)20-11-8-14(12-20)19-9-5-6-10-19/h13-14H,3-12H2,1-2H3/t13-,14+/m0/s1. The zero-order chi connectivity index (χ0) is 14.7. The molecule has 0 N–H and O–H groups in total. The Balaban J connectivity index is 1.55. The maximum Gasteiger partial charge on any atom is 0.243 e. The summed E-state index contributed by atoms with van der Waals surface area (Å²) in [4.78, 5) is 9.74. The fourth-order valence-electron chi connectivity index (χ4n) is 3.55. The average Bonchev–Trinajstić information content (AvgIpc) is 3.24. The van der Waals surface area contributed by atoms with Crippen molar-refractivity contribution in [3.05, 3.63) is 11.7 Å². The van der Waals surface area contributed by atoms with E-state index in [1.807, 2.05) is 0 Å². The lowest BCUT2D eigenvalue weighted by atomic mass is 10.2. The van der Waals surface area contributed by atoms with Gasteiger partial charge in [0, 0.05) is 25.6 Å². The molecule has 1 aromatic heterocycles. The molecule has 2 fully saturated rings. The van der Waals surface area contributed by atoms with E-state index in [4.69, 9.17) is 4.52 Å². The summed E-state index contributed by atoms with van der Waals surface area (Å²) in [6, 6.07) is 0.984. The summed E-state index contributed by atoms with van der Waals surface area (Å²) in [5.41, 5.74) is 0. The predicted octanol–water partition coefficient (Wildman–Crippen LogP) is 2.64. The number of aromatic nitrogens is 2. The van der Waals surface area contributed by atoms with Crippen LogP contribution in [0.1, 0.15) is 63.7 Å². The van der Waals surface area contributed by atoms with Crippen molar-refractivity contribution < 1.29 is 4.52 Å². The Morgan fingerprint density at radius 2 is 2.10 bits per heavy atom. The van der Waals surface area contributed by atoms with E-state index in [9.17, 15) is 0 Å². The van der Waals surface area contributed by atoms with Gasteiger partial charge in [-0.1, -0.05) is 18.5 Å². The fourth-order valence-corrected chi connectivity index (χ4v) is 3.55. The van der Waals surface area contributed by atoms with Crippen LogP contribution in [0.3, 0.4) is 0 Å². The lowest BCUT2D eigenvalue weighted by molar-refractivity contribution is 0.182. The molecular weight excluding hydrogens is 264 g/mol. The van der Waals surface area contributed by atoms with Crippen LogP contribution in [-0.4, -0.2) is 52.2 Å². The Morgan fingerprint density at radius 3 is 2.86 bits per heavy atom. The van der Waals surface area contributed by atoms with Crippen LogP contribution >= 0.6 is 0 Å². The Morgan fingerprint density at radius 1 is 1.29 bits per heavy atom. The largest absolute Gasteiger partial charge is 0.338 e. The molecule has 0 saturated carbocycles. The van der Waals surface area contributed by atoms with Gasteiger partial charge in [0.05, 0.1) is 6.04 Å². The van der Waals surface area contributed by atoms with E-state index >= 15 is 0 Å². The second kappa shape index (κ2) is 6.88. The van der Waals surface area contributed by atoms with E-state index in [1.165, 1.54) is 38.8 Å². The van der Waals surface area contributed by atoms with Crippen molar-refractivity contribution in [1.82, 2.24) is 19.9 Å². The summed E-state index contributed by atoms with van der Waals surface area (Å²) >= 11 is 0. The third-order valence-electron chi connectivity index (χ3n) is 4.99. The van der Waals surface area contributed by atoms with Gasteiger partial charge >= 0.3 is 0 Å². The minimum atomic E-state index is 0.250. The molecule has 3 rings (SSSR count). The molecule has 2 saturated heterocycles. The maximum atomic E-state index is 5.48. The topological polar surface area (TPSA) is 45.4 Å². The Bertz CT molecular complexity index is 441. The molecule has 0 amide bonds. The van der Waals surface area contributed by atoms with Crippen LogP contribution in [0.4, 0.5) is 0 Å². The van der Waals surface area contributed by atoms with Gasteiger partial charge in [0.15, 0.2) is 5.82 Å². The molecule has 0 spiro atoms. The zero-order valence-electron chi connectivity index (χ0n) is 13.4. The molecule has 2 atom stereocenters. The summed E-state index contributed by atoms with van der Waals surface area (Å²) in [5.74, 6) is 1.66. The highest BCUT2D eigenvalue weighted by Crippen LogP contribution is 2.27. The third kappa shape index (κ3) is 3.46. The average molecular weight is 292 g/mol.